The maximum atomic E-state index is 13.7. The summed E-state index contributed by atoms with van der Waals surface area (Å²) in [5.41, 5.74) is 9.91. The summed E-state index contributed by atoms with van der Waals surface area (Å²) in [4.78, 5) is 21.0. The Labute approximate surface area is 214 Å². The number of halogens is 2. The number of ether oxygens (including phenoxy) is 1. The maximum absolute atomic E-state index is 13.7. The molecule has 37 heavy (non-hydrogen) atoms. The van der Waals surface area contributed by atoms with E-state index in [1.807, 2.05) is 11.1 Å². The number of carbonyl (C=O) groups excluding carboxylic acids is 1. The van der Waals surface area contributed by atoms with Gasteiger partial charge in [0.1, 0.15) is 17.5 Å². The van der Waals surface area contributed by atoms with Crippen LogP contribution < -0.4 is 20.9 Å². The van der Waals surface area contributed by atoms with Crippen molar-refractivity contribution in [3.05, 3.63) is 89.3 Å². The highest BCUT2D eigenvalue weighted by molar-refractivity contribution is 5.98. The van der Waals surface area contributed by atoms with Gasteiger partial charge < -0.3 is 25.6 Å². The van der Waals surface area contributed by atoms with E-state index in [0.717, 1.165) is 37.0 Å². The Hall–Kier alpha value is -3.98. The van der Waals surface area contributed by atoms with Crippen molar-refractivity contribution in [2.45, 2.75) is 25.8 Å². The lowest BCUT2D eigenvalue weighted by Gasteiger charge is -2.31. The number of nitrogens with two attached hydrogens (primary N) is 1. The minimum absolute atomic E-state index is 0.100. The van der Waals surface area contributed by atoms with E-state index >= 15 is 0 Å². The van der Waals surface area contributed by atoms with Crippen molar-refractivity contribution in [3.8, 4) is 0 Å². The minimum Gasteiger partial charge on any atom is -0.380 e. The fourth-order valence-electron chi connectivity index (χ4n) is 4.78. The van der Waals surface area contributed by atoms with Crippen LogP contribution in [0.5, 0.6) is 0 Å². The van der Waals surface area contributed by atoms with E-state index in [2.05, 4.69) is 46.4 Å². The van der Waals surface area contributed by atoms with E-state index in [9.17, 15) is 13.6 Å². The molecule has 0 spiro atoms. The normalized spacial score (nSPS) is 17.3. The molecule has 1 unspecified atom stereocenters. The third kappa shape index (κ3) is 5.41. The zero-order valence-corrected chi connectivity index (χ0v) is 20.6. The van der Waals surface area contributed by atoms with Crippen LogP contribution >= 0.6 is 0 Å². The molecule has 2 aliphatic rings. The second-order valence-electron chi connectivity index (χ2n) is 9.32. The lowest BCUT2D eigenvalue weighted by Crippen LogP contribution is -2.36. The molecule has 0 bridgehead atoms. The van der Waals surface area contributed by atoms with Gasteiger partial charge in [0.05, 0.1) is 30.2 Å². The summed E-state index contributed by atoms with van der Waals surface area (Å²) in [6.45, 7) is 5.32. The van der Waals surface area contributed by atoms with Crippen molar-refractivity contribution < 1.29 is 18.3 Å². The average Bonchev–Trinajstić information content (AvgIpc) is 3.05. The maximum Gasteiger partial charge on any atom is 0.252 e. The molecule has 1 atom stereocenters. The molecule has 0 radical (unpaired) electrons. The lowest BCUT2D eigenvalue weighted by atomic mass is 9.96. The van der Waals surface area contributed by atoms with Crippen LogP contribution in [0.1, 0.15) is 40.7 Å². The number of aromatic nitrogens is 1. The first-order valence-electron chi connectivity index (χ1n) is 12.3. The van der Waals surface area contributed by atoms with Gasteiger partial charge >= 0.3 is 0 Å². The molecule has 0 saturated carbocycles. The molecule has 5 rings (SSSR count). The molecule has 1 amide bonds. The van der Waals surface area contributed by atoms with Crippen LogP contribution in [0, 0.1) is 11.6 Å². The first-order chi connectivity index (χ1) is 17.9. The quantitative estimate of drug-likeness (QED) is 0.487. The number of hydrogen-bond donors (Lipinski definition) is 2. The predicted molar refractivity (Wildman–Crippen MR) is 140 cm³/mol. The zero-order chi connectivity index (χ0) is 25.9. The molecule has 0 aliphatic carbocycles. The number of nitrogens with zero attached hydrogens (tertiary/aromatic N) is 3. The van der Waals surface area contributed by atoms with Crippen LogP contribution in [0.3, 0.4) is 0 Å². The van der Waals surface area contributed by atoms with Crippen LogP contribution in [0.25, 0.3) is 0 Å². The molecule has 192 valence electrons. The summed E-state index contributed by atoms with van der Waals surface area (Å²) in [6.07, 6.45) is 6.39. The number of hydrogen-bond acceptors (Lipinski definition) is 6. The van der Waals surface area contributed by atoms with Crippen LogP contribution in [-0.2, 0) is 11.3 Å². The van der Waals surface area contributed by atoms with Gasteiger partial charge in [-0.05, 0) is 47.7 Å². The van der Waals surface area contributed by atoms with E-state index in [4.69, 9.17) is 10.5 Å². The molecular formula is C28H29F2N5O2. The van der Waals surface area contributed by atoms with Gasteiger partial charge in [0, 0.05) is 49.9 Å². The van der Waals surface area contributed by atoms with Crippen molar-refractivity contribution in [1.82, 2.24) is 4.98 Å². The third-order valence-corrected chi connectivity index (χ3v) is 6.73. The summed E-state index contributed by atoms with van der Waals surface area (Å²) >= 11 is 0. The SMILES string of the molecule is CC1CC=CN(c2cc(NCc3cc(F)cc(F)c3)c(C(N)=O)cn2)c2cc(N3CCOCC3)ccc21. The van der Waals surface area contributed by atoms with Crippen LogP contribution in [0.2, 0.25) is 0 Å². The van der Waals surface area contributed by atoms with E-state index in [0.29, 0.717) is 36.2 Å². The van der Waals surface area contributed by atoms with Gasteiger partial charge in [0.2, 0.25) is 0 Å². The van der Waals surface area contributed by atoms with Gasteiger partial charge in [-0.2, -0.15) is 0 Å². The third-order valence-electron chi connectivity index (χ3n) is 6.73. The van der Waals surface area contributed by atoms with Gasteiger partial charge in [-0.1, -0.05) is 19.1 Å². The van der Waals surface area contributed by atoms with Gasteiger partial charge in [0.15, 0.2) is 0 Å². The smallest absolute Gasteiger partial charge is 0.252 e. The first kappa shape index (κ1) is 24.7. The largest absolute Gasteiger partial charge is 0.380 e. The molecule has 1 saturated heterocycles. The Morgan fingerprint density at radius 1 is 1.14 bits per heavy atom. The predicted octanol–water partition coefficient (Wildman–Crippen LogP) is 5.07. The number of allylic oxidation sites excluding steroid dienone is 1. The second-order valence-corrected chi connectivity index (χ2v) is 9.32. The van der Waals surface area contributed by atoms with Crippen molar-refractivity contribution in [2.24, 2.45) is 5.73 Å². The Morgan fingerprint density at radius 2 is 1.89 bits per heavy atom. The molecular weight excluding hydrogens is 476 g/mol. The van der Waals surface area contributed by atoms with Crippen molar-refractivity contribution in [3.63, 3.8) is 0 Å². The molecule has 3 aromatic rings. The number of nitrogens with one attached hydrogen (secondary N) is 1. The summed E-state index contributed by atoms with van der Waals surface area (Å²) in [5.74, 6) is -1.09. The summed E-state index contributed by atoms with van der Waals surface area (Å²) in [7, 11) is 0. The van der Waals surface area contributed by atoms with Gasteiger partial charge in [-0.25, -0.2) is 13.8 Å². The molecule has 2 aliphatic heterocycles. The van der Waals surface area contributed by atoms with Crippen LogP contribution in [0.15, 0.2) is 60.9 Å². The summed E-state index contributed by atoms with van der Waals surface area (Å²) in [5, 5.41) is 3.11. The van der Waals surface area contributed by atoms with Gasteiger partial charge in [-0.15, -0.1) is 0 Å². The summed E-state index contributed by atoms with van der Waals surface area (Å²) < 4.78 is 32.9. The number of pyridine rings is 1. The monoisotopic (exact) mass is 505 g/mol. The Bertz CT molecular complexity index is 1320. The molecule has 1 fully saturated rings. The highest BCUT2D eigenvalue weighted by atomic mass is 19.1. The number of anilines is 4. The highest BCUT2D eigenvalue weighted by Crippen LogP contribution is 2.40. The summed E-state index contributed by atoms with van der Waals surface area (Å²) in [6, 6.07) is 11.5. The Kier molecular flexibility index (Phi) is 7.05. The van der Waals surface area contributed by atoms with Crippen molar-refractivity contribution >= 4 is 28.8 Å². The lowest BCUT2D eigenvalue weighted by molar-refractivity contribution is 0.100. The first-order valence-corrected chi connectivity index (χ1v) is 12.3. The minimum atomic E-state index is -0.668. The topological polar surface area (TPSA) is 83.7 Å². The number of rotatable bonds is 6. The molecule has 7 nitrogen and oxygen atoms in total. The number of morpholine rings is 1. The Morgan fingerprint density at radius 3 is 2.62 bits per heavy atom. The fraction of sp³-hybridized carbons (Fsp3) is 0.286. The number of fused-ring (bicyclic) bond motifs is 1. The standard InChI is InChI=1S/C28H29F2N5O2/c1-18-3-2-6-35(26-14-22(4-5-23(18)26)34-7-9-37-10-8-34)27-15-25(24(17-33-27)28(31)36)32-16-19-11-20(29)13-21(30)12-19/h2,4-6,11-15,17-18H,3,7-10,16H2,1H3,(H2,31,36)(H,32,33). The van der Waals surface area contributed by atoms with Gasteiger partial charge in [-0.3, -0.25) is 4.79 Å². The number of benzene rings is 2. The van der Waals surface area contributed by atoms with Gasteiger partial charge in [0.25, 0.3) is 5.91 Å². The molecule has 3 N–H and O–H groups in total. The number of amides is 1. The van der Waals surface area contributed by atoms with Crippen molar-refractivity contribution in [2.75, 3.05) is 41.4 Å². The zero-order valence-electron chi connectivity index (χ0n) is 20.6. The van der Waals surface area contributed by atoms with Crippen molar-refractivity contribution in [1.29, 1.82) is 0 Å². The molecule has 3 heterocycles. The van der Waals surface area contributed by atoms with E-state index < -0.39 is 17.5 Å². The van der Waals surface area contributed by atoms with E-state index in [-0.39, 0.29) is 12.1 Å². The second kappa shape index (κ2) is 10.6. The average molecular weight is 506 g/mol. The Balaban J connectivity index is 1.51. The van der Waals surface area contributed by atoms with Crippen LogP contribution in [-0.4, -0.2) is 37.2 Å². The van der Waals surface area contributed by atoms with Crippen LogP contribution in [0.4, 0.5) is 31.7 Å². The van der Waals surface area contributed by atoms with E-state index in [1.165, 1.54) is 23.9 Å². The molecule has 9 heteroatoms. The molecule has 2 aromatic carbocycles. The molecule has 1 aromatic heterocycles. The number of carbonyl (C=O) groups is 1. The number of primary amides is 1. The highest BCUT2D eigenvalue weighted by Gasteiger charge is 2.23. The fourth-order valence-corrected chi connectivity index (χ4v) is 4.78. The van der Waals surface area contributed by atoms with E-state index in [1.54, 1.807) is 6.07 Å².